The first-order valence-corrected chi connectivity index (χ1v) is 6.98. The van der Waals surface area contributed by atoms with Crippen molar-refractivity contribution in [3.63, 3.8) is 0 Å². The molecule has 0 N–H and O–H groups in total. The topological polar surface area (TPSA) is 0 Å². The van der Waals surface area contributed by atoms with Gasteiger partial charge in [-0.2, -0.15) is 0 Å². The van der Waals surface area contributed by atoms with Crippen LogP contribution in [-0.4, -0.2) is 0 Å². The Kier molecular flexibility index (Phi) is 3.54. The average Bonchev–Trinajstić information content (AvgIpc) is 2.99. The summed E-state index contributed by atoms with van der Waals surface area (Å²) in [4.78, 5) is 0. The van der Waals surface area contributed by atoms with Gasteiger partial charge in [-0.1, -0.05) is 61.4 Å². The molecule has 100 valence electrons. The minimum Gasteiger partial charge on any atom is -0.0692 e. The van der Waals surface area contributed by atoms with Gasteiger partial charge in [0.15, 0.2) is 0 Å². The highest BCUT2D eigenvalue weighted by atomic mass is 14.3. The molecular formula is C19H24. The molecule has 0 atom stereocenters. The van der Waals surface area contributed by atoms with Gasteiger partial charge in [0.05, 0.1) is 0 Å². The molecule has 19 heavy (non-hydrogen) atoms. The van der Waals surface area contributed by atoms with Crippen LogP contribution in [0.5, 0.6) is 0 Å². The lowest BCUT2D eigenvalue weighted by molar-refractivity contribution is 0.569. The highest BCUT2D eigenvalue weighted by molar-refractivity contribution is 5.57. The van der Waals surface area contributed by atoms with Crippen molar-refractivity contribution < 1.29 is 0 Å². The smallest absolute Gasteiger partial charge is 0.0147 e. The maximum absolute atomic E-state index is 2.32. The molecule has 2 aliphatic carbocycles. The highest BCUT2D eigenvalue weighted by Gasteiger charge is 2.28. The lowest BCUT2D eigenvalue weighted by Gasteiger charge is -2.26. The van der Waals surface area contributed by atoms with E-state index in [0.717, 1.165) is 0 Å². The van der Waals surface area contributed by atoms with Crippen molar-refractivity contribution >= 4 is 0 Å². The van der Waals surface area contributed by atoms with Gasteiger partial charge in [0.1, 0.15) is 0 Å². The van der Waals surface area contributed by atoms with Crippen LogP contribution in [0.2, 0.25) is 0 Å². The summed E-state index contributed by atoms with van der Waals surface area (Å²) in [6.07, 6.45) is 13.6. The summed E-state index contributed by atoms with van der Waals surface area (Å²) >= 11 is 0. The van der Waals surface area contributed by atoms with Crippen molar-refractivity contribution in [2.45, 2.75) is 41.5 Å². The van der Waals surface area contributed by atoms with Crippen LogP contribution in [0.15, 0.2) is 69.9 Å². The first-order chi connectivity index (χ1) is 8.82. The molecule has 0 aliphatic heterocycles. The predicted molar refractivity (Wildman–Crippen MR) is 85.0 cm³/mol. The Hall–Kier alpha value is -1.56. The van der Waals surface area contributed by atoms with Gasteiger partial charge in [-0.15, -0.1) is 0 Å². The van der Waals surface area contributed by atoms with Crippen molar-refractivity contribution in [2.75, 3.05) is 0 Å². The number of rotatable bonds is 2. The number of allylic oxidation sites excluding steroid dienone is 12. The zero-order chi connectivity index (χ0) is 14.2. The predicted octanol–water partition coefficient (Wildman–Crippen LogP) is 5.68. The van der Waals surface area contributed by atoms with Crippen molar-refractivity contribution in [1.82, 2.24) is 0 Å². The summed E-state index contributed by atoms with van der Waals surface area (Å²) in [7, 11) is 0. The number of hydrogen-bond donors (Lipinski definition) is 0. The van der Waals surface area contributed by atoms with Gasteiger partial charge in [-0.05, 0) is 50.0 Å². The van der Waals surface area contributed by atoms with E-state index in [1.807, 2.05) is 0 Å². The summed E-state index contributed by atoms with van der Waals surface area (Å²) in [6, 6.07) is 0. The average molecular weight is 252 g/mol. The SMILES string of the molecule is CC(C)=C1C=CC(C(C)(C)C2=CC(=C(C)C)C=C2)=C1. The van der Waals surface area contributed by atoms with E-state index in [1.165, 1.54) is 33.4 Å². The monoisotopic (exact) mass is 252 g/mol. The molecule has 0 fully saturated rings. The third kappa shape index (κ3) is 2.58. The molecule has 0 spiro atoms. The Balaban J connectivity index is 2.37. The molecule has 0 heterocycles. The summed E-state index contributed by atoms with van der Waals surface area (Å²) < 4.78 is 0. The summed E-state index contributed by atoms with van der Waals surface area (Å²) in [5, 5.41) is 0. The molecule has 0 radical (unpaired) electrons. The van der Waals surface area contributed by atoms with E-state index in [1.54, 1.807) is 0 Å². The molecule has 0 unspecified atom stereocenters. The van der Waals surface area contributed by atoms with Crippen molar-refractivity contribution in [2.24, 2.45) is 5.41 Å². The van der Waals surface area contributed by atoms with Gasteiger partial charge >= 0.3 is 0 Å². The molecule has 0 aromatic heterocycles. The molecular weight excluding hydrogens is 228 g/mol. The lowest BCUT2D eigenvalue weighted by Crippen LogP contribution is -2.14. The van der Waals surface area contributed by atoms with Crippen LogP contribution in [0.4, 0.5) is 0 Å². The molecule has 0 bridgehead atoms. The van der Waals surface area contributed by atoms with Crippen LogP contribution in [0, 0.1) is 5.41 Å². The Morgan fingerprint density at radius 3 is 1.32 bits per heavy atom. The largest absolute Gasteiger partial charge is 0.0692 e. The summed E-state index contributed by atoms with van der Waals surface area (Å²) in [5.74, 6) is 0. The van der Waals surface area contributed by atoms with Crippen LogP contribution in [0.1, 0.15) is 41.5 Å². The molecule has 0 amide bonds. The Bertz CT molecular complexity index is 522. The minimum absolute atomic E-state index is 0.0708. The zero-order valence-electron chi connectivity index (χ0n) is 13.0. The summed E-state index contributed by atoms with van der Waals surface area (Å²) in [5.41, 5.74) is 8.33. The molecule has 0 saturated carbocycles. The zero-order valence-corrected chi connectivity index (χ0v) is 13.0. The molecule has 0 saturated heterocycles. The Morgan fingerprint density at radius 2 is 1.05 bits per heavy atom. The second-order valence-corrected chi connectivity index (χ2v) is 6.40. The molecule has 0 aromatic rings. The standard InChI is InChI=1S/C19H24/c1-13(2)15-7-9-17(11-15)19(5,6)18-10-8-16(12-18)14(3)4/h7-12H,1-6H3. The molecule has 0 heteroatoms. The van der Waals surface area contributed by atoms with Crippen LogP contribution in [0.3, 0.4) is 0 Å². The van der Waals surface area contributed by atoms with Crippen LogP contribution < -0.4 is 0 Å². The molecule has 0 nitrogen and oxygen atoms in total. The Labute approximate surface area is 117 Å². The lowest BCUT2D eigenvalue weighted by atomic mass is 9.78. The third-order valence-electron chi connectivity index (χ3n) is 4.10. The molecule has 2 rings (SSSR count). The van der Waals surface area contributed by atoms with Crippen molar-refractivity contribution in [3.05, 3.63) is 69.9 Å². The fourth-order valence-electron chi connectivity index (χ4n) is 2.45. The fourth-order valence-corrected chi connectivity index (χ4v) is 2.45. The fraction of sp³-hybridized carbons (Fsp3) is 0.368. The third-order valence-corrected chi connectivity index (χ3v) is 4.10. The van der Waals surface area contributed by atoms with Crippen LogP contribution in [-0.2, 0) is 0 Å². The maximum atomic E-state index is 2.32. The van der Waals surface area contributed by atoms with Gasteiger partial charge < -0.3 is 0 Å². The molecule has 0 aromatic carbocycles. The first kappa shape index (κ1) is 13.9. The van der Waals surface area contributed by atoms with Gasteiger partial charge in [0.2, 0.25) is 0 Å². The van der Waals surface area contributed by atoms with Crippen LogP contribution >= 0.6 is 0 Å². The van der Waals surface area contributed by atoms with E-state index in [0.29, 0.717) is 0 Å². The summed E-state index contributed by atoms with van der Waals surface area (Å²) in [6.45, 7) is 13.3. The minimum atomic E-state index is 0.0708. The van der Waals surface area contributed by atoms with E-state index in [9.17, 15) is 0 Å². The van der Waals surface area contributed by atoms with Crippen molar-refractivity contribution in [1.29, 1.82) is 0 Å². The first-order valence-electron chi connectivity index (χ1n) is 6.98. The molecule has 2 aliphatic rings. The van der Waals surface area contributed by atoms with Gasteiger partial charge in [0, 0.05) is 5.41 Å². The van der Waals surface area contributed by atoms with E-state index in [-0.39, 0.29) is 5.41 Å². The van der Waals surface area contributed by atoms with Crippen molar-refractivity contribution in [3.8, 4) is 0 Å². The van der Waals surface area contributed by atoms with Gasteiger partial charge in [-0.3, -0.25) is 0 Å². The van der Waals surface area contributed by atoms with Crippen LogP contribution in [0.25, 0.3) is 0 Å². The maximum Gasteiger partial charge on any atom is 0.0147 e. The number of hydrogen-bond acceptors (Lipinski definition) is 0. The van der Waals surface area contributed by atoms with Gasteiger partial charge in [0.25, 0.3) is 0 Å². The Morgan fingerprint density at radius 1 is 0.684 bits per heavy atom. The second-order valence-electron chi connectivity index (χ2n) is 6.40. The van der Waals surface area contributed by atoms with E-state index >= 15 is 0 Å². The second kappa shape index (κ2) is 4.85. The van der Waals surface area contributed by atoms with E-state index in [4.69, 9.17) is 0 Å². The quantitative estimate of drug-likeness (QED) is 0.593. The van der Waals surface area contributed by atoms with E-state index in [2.05, 4.69) is 78.0 Å². The van der Waals surface area contributed by atoms with E-state index < -0.39 is 0 Å². The highest BCUT2D eigenvalue weighted by Crippen LogP contribution is 2.42. The van der Waals surface area contributed by atoms with Gasteiger partial charge in [-0.25, -0.2) is 0 Å². The normalized spacial score (nSPS) is 18.0.